The summed E-state index contributed by atoms with van der Waals surface area (Å²) in [5, 5.41) is 3.19. The third-order valence-electron chi connectivity index (χ3n) is 2.54. The van der Waals surface area contributed by atoms with Crippen molar-refractivity contribution in [3.8, 4) is 0 Å². The molecular formula is C13H21N3OS. The number of rotatable bonds is 7. The van der Waals surface area contributed by atoms with E-state index in [4.69, 9.17) is 0 Å². The molecule has 1 N–H and O–H groups in total. The van der Waals surface area contributed by atoms with E-state index in [1.807, 2.05) is 19.4 Å². The smallest absolute Gasteiger partial charge is 0.253 e. The van der Waals surface area contributed by atoms with Gasteiger partial charge in [-0.3, -0.25) is 4.79 Å². The number of hydrogen-bond donors (Lipinski definition) is 1. The summed E-state index contributed by atoms with van der Waals surface area (Å²) in [6.45, 7) is 3.73. The molecule has 0 saturated heterocycles. The lowest BCUT2D eigenvalue weighted by Gasteiger charge is -2.16. The van der Waals surface area contributed by atoms with Crippen molar-refractivity contribution in [2.75, 3.05) is 37.5 Å². The molecule has 1 amide bonds. The minimum Gasteiger partial charge on any atom is -0.370 e. The third kappa shape index (κ3) is 4.56. The molecule has 1 aromatic rings. The maximum Gasteiger partial charge on any atom is 0.253 e. The zero-order chi connectivity index (χ0) is 13.4. The van der Waals surface area contributed by atoms with Gasteiger partial charge in [0, 0.05) is 37.7 Å². The number of carbonyl (C=O) groups excluding carboxylic acids is 1. The van der Waals surface area contributed by atoms with E-state index < -0.39 is 0 Å². The summed E-state index contributed by atoms with van der Waals surface area (Å²) in [6, 6.07) is 3.57. The van der Waals surface area contributed by atoms with Crippen LogP contribution in [0.1, 0.15) is 23.7 Å². The number of amides is 1. The average molecular weight is 267 g/mol. The molecule has 100 valence electrons. The van der Waals surface area contributed by atoms with Crippen LogP contribution in [0.25, 0.3) is 0 Å². The Morgan fingerprint density at radius 2 is 2.33 bits per heavy atom. The number of pyridine rings is 1. The van der Waals surface area contributed by atoms with E-state index in [1.54, 1.807) is 28.9 Å². The highest BCUT2D eigenvalue weighted by Crippen LogP contribution is 2.09. The van der Waals surface area contributed by atoms with E-state index >= 15 is 0 Å². The molecule has 0 aliphatic heterocycles. The Morgan fingerprint density at radius 1 is 1.56 bits per heavy atom. The molecule has 0 aliphatic rings. The summed E-state index contributed by atoms with van der Waals surface area (Å²) >= 11 is 1.74. The van der Waals surface area contributed by atoms with Gasteiger partial charge in [0.05, 0.1) is 0 Å². The van der Waals surface area contributed by atoms with Crippen LogP contribution in [0.15, 0.2) is 18.3 Å². The van der Waals surface area contributed by atoms with Gasteiger partial charge in [0.15, 0.2) is 0 Å². The molecule has 0 unspecified atom stereocenters. The van der Waals surface area contributed by atoms with Gasteiger partial charge in [-0.15, -0.1) is 0 Å². The molecule has 0 aromatic carbocycles. The first-order valence-electron chi connectivity index (χ1n) is 6.13. The van der Waals surface area contributed by atoms with Crippen LogP contribution in [0.5, 0.6) is 0 Å². The number of nitrogens with zero attached hydrogens (tertiary/aromatic N) is 2. The molecule has 1 aromatic heterocycles. The van der Waals surface area contributed by atoms with Gasteiger partial charge >= 0.3 is 0 Å². The number of nitrogens with one attached hydrogen (secondary N) is 1. The normalized spacial score (nSPS) is 10.2. The summed E-state index contributed by atoms with van der Waals surface area (Å²) in [5.41, 5.74) is 0.687. The van der Waals surface area contributed by atoms with Crippen LogP contribution in [0.3, 0.4) is 0 Å². The second kappa shape index (κ2) is 7.97. The molecule has 0 aliphatic carbocycles. The van der Waals surface area contributed by atoms with Crippen LogP contribution < -0.4 is 5.32 Å². The molecule has 0 saturated carbocycles. The fourth-order valence-electron chi connectivity index (χ4n) is 1.46. The maximum absolute atomic E-state index is 12.1. The first-order chi connectivity index (χ1) is 8.69. The number of thioether (sulfide) groups is 1. The van der Waals surface area contributed by atoms with Crippen LogP contribution in [0, 0.1) is 0 Å². The standard InChI is InChI=1S/C13H21N3OS/c1-4-6-14-12-10-11(5-7-15-12)13(17)16(2)8-9-18-3/h5,7,10H,4,6,8-9H2,1-3H3,(H,14,15). The fraction of sp³-hybridized carbons (Fsp3) is 0.538. The minimum atomic E-state index is 0.0472. The molecule has 0 bridgehead atoms. The second-order valence-corrected chi connectivity index (χ2v) is 5.06. The summed E-state index contributed by atoms with van der Waals surface area (Å²) in [5.74, 6) is 1.76. The van der Waals surface area contributed by atoms with Gasteiger partial charge in [-0.2, -0.15) is 11.8 Å². The lowest BCUT2D eigenvalue weighted by molar-refractivity contribution is 0.0803. The first-order valence-corrected chi connectivity index (χ1v) is 7.52. The highest BCUT2D eigenvalue weighted by atomic mass is 32.2. The fourth-order valence-corrected chi connectivity index (χ4v) is 1.92. The van der Waals surface area contributed by atoms with Crippen molar-refractivity contribution in [2.24, 2.45) is 0 Å². The molecule has 0 spiro atoms. The van der Waals surface area contributed by atoms with Crippen molar-refractivity contribution >= 4 is 23.5 Å². The molecule has 18 heavy (non-hydrogen) atoms. The van der Waals surface area contributed by atoms with Crippen LogP contribution in [-0.2, 0) is 0 Å². The predicted octanol–water partition coefficient (Wildman–Crippen LogP) is 2.34. The predicted molar refractivity (Wildman–Crippen MR) is 78.4 cm³/mol. The van der Waals surface area contributed by atoms with Gasteiger partial charge in [0.25, 0.3) is 5.91 Å². The van der Waals surface area contributed by atoms with Gasteiger partial charge in [-0.25, -0.2) is 4.98 Å². The summed E-state index contributed by atoms with van der Waals surface area (Å²) in [7, 11) is 1.83. The Morgan fingerprint density at radius 3 is 3.00 bits per heavy atom. The third-order valence-corrected chi connectivity index (χ3v) is 3.13. The SMILES string of the molecule is CCCNc1cc(C(=O)N(C)CCSC)ccn1. The quantitative estimate of drug-likeness (QED) is 0.823. The Balaban J connectivity index is 2.67. The topological polar surface area (TPSA) is 45.2 Å². The van der Waals surface area contributed by atoms with E-state index in [1.165, 1.54) is 0 Å². The lowest BCUT2D eigenvalue weighted by atomic mass is 10.2. The van der Waals surface area contributed by atoms with E-state index in [9.17, 15) is 4.79 Å². The Hall–Kier alpha value is -1.23. The van der Waals surface area contributed by atoms with Gasteiger partial charge in [-0.05, 0) is 24.8 Å². The molecule has 0 fully saturated rings. The van der Waals surface area contributed by atoms with Crippen LogP contribution in [0.2, 0.25) is 0 Å². The molecule has 1 heterocycles. The number of carbonyl (C=O) groups is 1. The Labute approximate surface area is 113 Å². The highest BCUT2D eigenvalue weighted by molar-refractivity contribution is 7.98. The molecule has 0 atom stereocenters. The Bertz CT molecular complexity index is 384. The lowest BCUT2D eigenvalue weighted by Crippen LogP contribution is -2.29. The number of aromatic nitrogens is 1. The van der Waals surface area contributed by atoms with E-state index in [0.29, 0.717) is 5.56 Å². The number of anilines is 1. The van der Waals surface area contributed by atoms with Gasteiger partial charge in [0.1, 0.15) is 5.82 Å². The van der Waals surface area contributed by atoms with E-state index in [0.717, 1.165) is 31.1 Å². The number of hydrogen-bond acceptors (Lipinski definition) is 4. The van der Waals surface area contributed by atoms with Gasteiger partial charge in [-0.1, -0.05) is 6.92 Å². The highest BCUT2D eigenvalue weighted by Gasteiger charge is 2.11. The summed E-state index contributed by atoms with van der Waals surface area (Å²) in [4.78, 5) is 18.1. The Kier molecular flexibility index (Phi) is 6.57. The van der Waals surface area contributed by atoms with Crippen LogP contribution >= 0.6 is 11.8 Å². The molecule has 5 heteroatoms. The van der Waals surface area contributed by atoms with E-state index in [2.05, 4.69) is 17.2 Å². The average Bonchev–Trinajstić information content (AvgIpc) is 2.42. The van der Waals surface area contributed by atoms with Crippen molar-refractivity contribution in [1.29, 1.82) is 0 Å². The van der Waals surface area contributed by atoms with Gasteiger partial charge in [0.2, 0.25) is 0 Å². The van der Waals surface area contributed by atoms with Crippen molar-refractivity contribution in [3.63, 3.8) is 0 Å². The van der Waals surface area contributed by atoms with Crippen LogP contribution in [-0.4, -0.2) is 47.9 Å². The largest absolute Gasteiger partial charge is 0.370 e. The maximum atomic E-state index is 12.1. The summed E-state index contributed by atoms with van der Waals surface area (Å²) < 4.78 is 0. The second-order valence-electron chi connectivity index (χ2n) is 4.08. The van der Waals surface area contributed by atoms with Gasteiger partial charge < -0.3 is 10.2 Å². The first kappa shape index (κ1) is 14.8. The van der Waals surface area contributed by atoms with E-state index in [-0.39, 0.29) is 5.91 Å². The zero-order valence-electron chi connectivity index (χ0n) is 11.3. The van der Waals surface area contributed by atoms with Crippen molar-refractivity contribution in [2.45, 2.75) is 13.3 Å². The summed E-state index contributed by atoms with van der Waals surface area (Å²) in [6.07, 6.45) is 4.75. The molecule has 1 rings (SSSR count). The minimum absolute atomic E-state index is 0.0472. The molecule has 0 radical (unpaired) electrons. The molecular weight excluding hydrogens is 246 g/mol. The van der Waals surface area contributed by atoms with Crippen molar-refractivity contribution < 1.29 is 4.79 Å². The van der Waals surface area contributed by atoms with Crippen molar-refractivity contribution in [3.05, 3.63) is 23.9 Å². The molecule has 4 nitrogen and oxygen atoms in total. The van der Waals surface area contributed by atoms with Crippen molar-refractivity contribution in [1.82, 2.24) is 9.88 Å². The zero-order valence-corrected chi connectivity index (χ0v) is 12.1. The van der Waals surface area contributed by atoms with Crippen LogP contribution in [0.4, 0.5) is 5.82 Å². The monoisotopic (exact) mass is 267 g/mol.